The van der Waals surface area contributed by atoms with E-state index < -0.39 is 0 Å². The van der Waals surface area contributed by atoms with Crippen LogP contribution in [0, 0.1) is 0 Å². The molecular formula is C10H13N. The molecule has 0 fully saturated rings. The molecule has 11 heavy (non-hydrogen) atoms. The van der Waals surface area contributed by atoms with Gasteiger partial charge >= 0.3 is 0 Å². The molecule has 0 amide bonds. The van der Waals surface area contributed by atoms with E-state index in [9.17, 15) is 0 Å². The van der Waals surface area contributed by atoms with Crippen LogP contribution in [0.1, 0.15) is 25.0 Å². The van der Waals surface area contributed by atoms with Gasteiger partial charge in [0.25, 0.3) is 0 Å². The molecular weight excluding hydrogens is 134 g/mol. The van der Waals surface area contributed by atoms with E-state index >= 15 is 0 Å². The summed E-state index contributed by atoms with van der Waals surface area (Å²) in [6.07, 6.45) is 8.94. The Morgan fingerprint density at radius 1 is 1.55 bits per heavy atom. The predicted octanol–water partition coefficient (Wildman–Crippen LogP) is 2.68. The fraction of sp³-hybridized carbons (Fsp3) is 0.300. The number of aromatic nitrogens is 1. The fourth-order valence-electron chi connectivity index (χ4n) is 1.09. The van der Waals surface area contributed by atoms with E-state index in [1.807, 2.05) is 25.4 Å². The third-order valence-electron chi connectivity index (χ3n) is 1.67. The lowest BCUT2D eigenvalue weighted by atomic mass is 10.1. The Bertz CT molecular complexity index is 251. The first-order valence-corrected chi connectivity index (χ1v) is 3.94. The molecule has 0 aliphatic heterocycles. The van der Waals surface area contributed by atoms with Gasteiger partial charge in [-0.2, -0.15) is 0 Å². The minimum Gasteiger partial charge on any atom is -0.264 e. The molecule has 0 N–H and O–H groups in total. The van der Waals surface area contributed by atoms with E-state index in [4.69, 9.17) is 0 Å². The third kappa shape index (κ3) is 1.90. The van der Waals surface area contributed by atoms with Crippen molar-refractivity contribution in [2.24, 2.45) is 0 Å². The first kappa shape index (κ1) is 7.99. The number of allylic oxidation sites excluding steroid dienone is 1. The lowest BCUT2D eigenvalue weighted by molar-refractivity contribution is 1.11. The van der Waals surface area contributed by atoms with Crippen molar-refractivity contribution in [3.05, 3.63) is 35.7 Å². The molecule has 0 unspecified atom stereocenters. The Kier molecular flexibility index (Phi) is 2.84. The van der Waals surface area contributed by atoms with Gasteiger partial charge in [-0.05, 0) is 30.5 Å². The lowest BCUT2D eigenvalue weighted by Crippen LogP contribution is -1.86. The predicted molar refractivity (Wildman–Crippen MR) is 48.3 cm³/mol. The molecule has 0 bridgehead atoms. The van der Waals surface area contributed by atoms with Crippen LogP contribution in [-0.2, 0) is 6.42 Å². The normalized spacial score (nSPS) is 10.7. The standard InChI is InChI=1S/C10H13N/c1-3-5-10-8-11-7-6-9(10)4-2/h3,5-8H,4H2,1-2H3/b5-3-. The van der Waals surface area contributed by atoms with Crippen LogP contribution in [0.25, 0.3) is 6.08 Å². The second-order valence-electron chi connectivity index (χ2n) is 2.43. The molecule has 0 saturated heterocycles. The van der Waals surface area contributed by atoms with E-state index in [2.05, 4.69) is 24.1 Å². The van der Waals surface area contributed by atoms with Gasteiger partial charge in [0.05, 0.1) is 0 Å². The van der Waals surface area contributed by atoms with Crippen molar-refractivity contribution in [3.8, 4) is 0 Å². The number of rotatable bonds is 2. The Hall–Kier alpha value is -1.11. The largest absolute Gasteiger partial charge is 0.264 e. The molecule has 1 aromatic rings. The number of nitrogens with zero attached hydrogens (tertiary/aromatic N) is 1. The van der Waals surface area contributed by atoms with Gasteiger partial charge in [-0.25, -0.2) is 0 Å². The molecule has 0 saturated carbocycles. The molecule has 1 heteroatoms. The summed E-state index contributed by atoms with van der Waals surface area (Å²) in [7, 11) is 0. The summed E-state index contributed by atoms with van der Waals surface area (Å²) in [6.45, 7) is 4.18. The zero-order valence-electron chi connectivity index (χ0n) is 7.04. The van der Waals surface area contributed by atoms with Crippen molar-refractivity contribution in [2.45, 2.75) is 20.3 Å². The Balaban J connectivity index is 3.02. The second-order valence-corrected chi connectivity index (χ2v) is 2.43. The van der Waals surface area contributed by atoms with Gasteiger partial charge in [0.15, 0.2) is 0 Å². The van der Waals surface area contributed by atoms with E-state index in [0.717, 1.165) is 6.42 Å². The lowest BCUT2D eigenvalue weighted by Gasteiger charge is -1.99. The van der Waals surface area contributed by atoms with Crippen LogP contribution in [0.15, 0.2) is 24.5 Å². The first-order chi connectivity index (χ1) is 5.38. The zero-order chi connectivity index (χ0) is 8.10. The van der Waals surface area contributed by atoms with Crippen molar-refractivity contribution in [2.75, 3.05) is 0 Å². The highest BCUT2D eigenvalue weighted by Gasteiger charge is 1.93. The maximum absolute atomic E-state index is 4.06. The van der Waals surface area contributed by atoms with Gasteiger partial charge < -0.3 is 0 Å². The number of hydrogen-bond donors (Lipinski definition) is 0. The van der Waals surface area contributed by atoms with Crippen LogP contribution >= 0.6 is 0 Å². The highest BCUT2D eigenvalue weighted by molar-refractivity contribution is 5.51. The molecule has 0 aromatic carbocycles. The quantitative estimate of drug-likeness (QED) is 0.626. The van der Waals surface area contributed by atoms with E-state index in [1.165, 1.54) is 11.1 Å². The molecule has 0 aliphatic rings. The average Bonchev–Trinajstić information content (AvgIpc) is 2.06. The van der Waals surface area contributed by atoms with Crippen LogP contribution in [0.4, 0.5) is 0 Å². The van der Waals surface area contributed by atoms with E-state index in [1.54, 1.807) is 0 Å². The molecule has 58 valence electrons. The minimum absolute atomic E-state index is 1.07. The van der Waals surface area contributed by atoms with Gasteiger partial charge in [-0.15, -0.1) is 0 Å². The van der Waals surface area contributed by atoms with Crippen molar-refractivity contribution in [1.29, 1.82) is 0 Å². The van der Waals surface area contributed by atoms with Gasteiger partial charge in [-0.1, -0.05) is 19.1 Å². The summed E-state index contributed by atoms with van der Waals surface area (Å²) in [4.78, 5) is 4.06. The van der Waals surface area contributed by atoms with Crippen LogP contribution in [0.2, 0.25) is 0 Å². The summed E-state index contributed by atoms with van der Waals surface area (Å²) < 4.78 is 0. The molecule has 1 aromatic heterocycles. The molecule has 0 radical (unpaired) electrons. The molecule has 0 spiro atoms. The van der Waals surface area contributed by atoms with Crippen LogP contribution in [-0.4, -0.2) is 4.98 Å². The van der Waals surface area contributed by atoms with Crippen molar-refractivity contribution in [3.63, 3.8) is 0 Å². The number of hydrogen-bond acceptors (Lipinski definition) is 1. The molecule has 0 aliphatic carbocycles. The molecule has 1 rings (SSSR count). The Morgan fingerprint density at radius 3 is 3.00 bits per heavy atom. The summed E-state index contributed by atoms with van der Waals surface area (Å²) in [5.74, 6) is 0. The van der Waals surface area contributed by atoms with E-state index in [-0.39, 0.29) is 0 Å². The molecule has 1 heterocycles. The zero-order valence-corrected chi connectivity index (χ0v) is 7.04. The fourth-order valence-corrected chi connectivity index (χ4v) is 1.09. The summed E-state index contributed by atoms with van der Waals surface area (Å²) in [5, 5.41) is 0. The molecule has 0 atom stereocenters. The number of aryl methyl sites for hydroxylation is 1. The SMILES string of the molecule is C/C=C\c1cnccc1CC. The maximum Gasteiger partial charge on any atom is 0.0342 e. The highest BCUT2D eigenvalue weighted by atomic mass is 14.6. The second kappa shape index (κ2) is 3.91. The van der Waals surface area contributed by atoms with E-state index in [0.29, 0.717) is 0 Å². The third-order valence-corrected chi connectivity index (χ3v) is 1.67. The summed E-state index contributed by atoms with van der Waals surface area (Å²) >= 11 is 0. The minimum atomic E-state index is 1.07. The topological polar surface area (TPSA) is 12.9 Å². The Morgan fingerprint density at radius 2 is 2.36 bits per heavy atom. The monoisotopic (exact) mass is 147 g/mol. The van der Waals surface area contributed by atoms with Crippen molar-refractivity contribution in [1.82, 2.24) is 4.98 Å². The van der Waals surface area contributed by atoms with Crippen LogP contribution in [0.5, 0.6) is 0 Å². The maximum atomic E-state index is 4.06. The highest BCUT2D eigenvalue weighted by Crippen LogP contribution is 2.08. The summed E-state index contributed by atoms with van der Waals surface area (Å²) in [6, 6.07) is 2.06. The number of pyridine rings is 1. The average molecular weight is 147 g/mol. The van der Waals surface area contributed by atoms with Gasteiger partial charge in [-0.3, -0.25) is 4.98 Å². The van der Waals surface area contributed by atoms with Crippen LogP contribution in [0.3, 0.4) is 0 Å². The first-order valence-electron chi connectivity index (χ1n) is 3.94. The molecule has 1 nitrogen and oxygen atoms in total. The van der Waals surface area contributed by atoms with Crippen molar-refractivity contribution < 1.29 is 0 Å². The smallest absolute Gasteiger partial charge is 0.0342 e. The van der Waals surface area contributed by atoms with Crippen LogP contribution < -0.4 is 0 Å². The van der Waals surface area contributed by atoms with Gasteiger partial charge in [0.1, 0.15) is 0 Å². The van der Waals surface area contributed by atoms with Gasteiger partial charge in [0, 0.05) is 12.4 Å². The summed E-state index contributed by atoms with van der Waals surface area (Å²) in [5.41, 5.74) is 2.59. The van der Waals surface area contributed by atoms with Crippen molar-refractivity contribution >= 4 is 6.08 Å². The van der Waals surface area contributed by atoms with Gasteiger partial charge in [0.2, 0.25) is 0 Å². The Labute approximate surface area is 67.8 Å².